The summed E-state index contributed by atoms with van der Waals surface area (Å²) in [5.74, 6) is 1.32. The van der Waals surface area contributed by atoms with Crippen molar-refractivity contribution in [1.82, 2.24) is 10.2 Å². The van der Waals surface area contributed by atoms with Crippen molar-refractivity contribution in [1.29, 1.82) is 0 Å². The number of methoxy groups -OCH3 is 1. The second-order valence-corrected chi connectivity index (χ2v) is 8.29. The van der Waals surface area contributed by atoms with Crippen LogP contribution in [0.15, 0.2) is 39.6 Å². The van der Waals surface area contributed by atoms with Gasteiger partial charge in [0.1, 0.15) is 17.3 Å². The van der Waals surface area contributed by atoms with Crippen LogP contribution in [0, 0.1) is 6.92 Å². The monoisotopic (exact) mass is 423 g/mol. The lowest BCUT2D eigenvalue weighted by Gasteiger charge is -2.33. The average molecular weight is 423 g/mol. The van der Waals surface area contributed by atoms with E-state index >= 15 is 0 Å². The van der Waals surface area contributed by atoms with E-state index in [-0.39, 0.29) is 28.8 Å². The highest BCUT2D eigenvalue weighted by atomic mass is 32.2. The third-order valence-electron chi connectivity index (χ3n) is 4.78. The van der Waals surface area contributed by atoms with Gasteiger partial charge in [-0.1, -0.05) is 0 Å². The molecule has 0 radical (unpaired) electrons. The molecule has 158 valence electrons. The lowest BCUT2D eigenvalue weighted by Crippen LogP contribution is -2.43. The van der Waals surface area contributed by atoms with Crippen molar-refractivity contribution in [2.75, 3.05) is 40.0 Å². The molecule has 2 aromatic rings. The number of rotatable bonds is 7. The van der Waals surface area contributed by atoms with E-state index in [0.29, 0.717) is 26.3 Å². The second kappa shape index (κ2) is 8.95. The Kier molecular flexibility index (Phi) is 6.58. The molecule has 3 N–H and O–H groups in total. The van der Waals surface area contributed by atoms with E-state index in [9.17, 15) is 13.2 Å². The number of nitrogens with zero attached hydrogens (tertiary/aromatic N) is 1. The molecule has 0 spiro atoms. The largest absolute Gasteiger partial charge is 0.496 e. The minimum atomic E-state index is -3.95. The molecule has 1 saturated heterocycles. The summed E-state index contributed by atoms with van der Waals surface area (Å²) in [6, 6.07) is 7.51. The van der Waals surface area contributed by atoms with E-state index in [1.165, 1.54) is 25.3 Å². The van der Waals surface area contributed by atoms with E-state index in [2.05, 4.69) is 10.2 Å². The van der Waals surface area contributed by atoms with Crippen LogP contribution in [0.25, 0.3) is 0 Å². The van der Waals surface area contributed by atoms with Crippen LogP contribution in [-0.2, 0) is 14.8 Å². The predicted octanol–water partition coefficient (Wildman–Crippen LogP) is 1.05. The number of carbonyl (C=O) groups excluding carboxylic acids is 1. The number of carbonyl (C=O) groups is 1. The van der Waals surface area contributed by atoms with Gasteiger partial charge >= 0.3 is 0 Å². The number of primary sulfonamides is 1. The highest BCUT2D eigenvalue weighted by Gasteiger charge is 2.26. The average Bonchev–Trinajstić information content (AvgIpc) is 3.13. The Hall–Kier alpha value is -2.40. The normalized spacial score (nSPS) is 16.4. The second-order valence-electron chi connectivity index (χ2n) is 6.73. The topological polar surface area (TPSA) is 124 Å². The summed E-state index contributed by atoms with van der Waals surface area (Å²) in [7, 11) is -2.54. The number of sulfonamides is 1. The Balaban J connectivity index is 1.81. The zero-order chi connectivity index (χ0) is 21.0. The Morgan fingerprint density at radius 3 is 2.59 bits per heavy atom. The van der Waals surface area contributed by atoms with Gasteiger partial charge in [0.15, 0.2) is 0 Å². The van der Waals surface area contributed by atoms with Crippen LogP contribution < -0.4 is 15.2 Å². The summed E-state index contributed by atoms with van der Waals surface area (Å²) in [6.45, 7) is 4.77. The van der Waals surface area contributed by atoms with Gasteiger partial charge in [-0.2, -0.15) is 0 Å². The number of benzene rings is 1. The highest BCUT2D eigenvalue weighted by Crippen LogP contribution is 2.25. The molecule has 29 heavy (non-hydrogen) atoms. The Bertz CT molecular complexity index is 966. The summed E-state index contributed by atoms with van der Waals surface area (Å²) >= 11 is 0. The van der Waals surface area contributed by atoms with Crippen molar-refractivity contribution in [2.24, 2.45) is 5.14 Å². The van der Waals surface area contributed by atoms with Crippen LogP contribution >= 0.6 is 0 Å². The van der Waals surface area contributed by atoms with E-state index in [0.717, 1.165) is 11.5 Å². The predicted molar refractivity (Wildman–Crippen MR) is 105 cm³/mol. The van der Waals surface area contributed by atoms with Gasteiger partial charge < -0.3 is 19.2 Å². The zero-order valence-electron chi connectivity index (χ0n) is 16.4. The molecular formula is C19H25N3O6S. The molecule has 0 aliphatic carbocycles. The number of hydrogen-bond acceptors (Lipinski definition) is 7. The number of hydrogen-bond donors (Lipinski definition) is 2. The van der Waals surface area contributed by atoms with Gasteiger partial charge in [-0.05, 0) is 37.3 Å². The molecule has 1 amide bonds. The number of nitrogens with one attached hydrogen (secondary N) is 1. The molecule has 1 aromatic heterocycles. The Labute approximate surface area is 169 Å². The Morgan fingerprint density at radius 1 is 1.28 bits per heavy atom. The maximum atomic E-state index is 12.8. The summed E-state index contributed by atoms with van der Waals surface area (Å²) in [5.41, 5.74) is 0.0929. The van der Waals surface area contributed by atoms with Gasteiger partial charge in [0, 0.05) is 19.6 Å². The van der Waals surface area contributed by atoms with Gasteiger partial charge in [0.2, 0.25) is 10.0 Å². The van der Waals surface area contributed by atoms with Crippen molar-refractivity contribution < 1.29 is 27.1 Å². The molecule has 2 heterocycles. The van der Waals surface area contributed by atoms with E-state index in [1.54, 1.807) is 0 Å². The molecular weight excluding hydrogens is 398 g/mol. The molecule has 0 saturated carbocycles. The number of aryl methyl sites for hydroxylation is 1. The first-order valence-corrected chi connectivity index (χ1v) is 10.7. The zero-order valence-corrected chi connectivity index (χ0v) is 17.2. The van der Waals surface area contributed by atoms with Crippen molar-refractivity contribution in [3.63, 3.8) is 0 Å². The van der Waals surface area contributed by atoms with Gasteiger partial charge in [0.25, 0.3) is 5.91 Å². The maximum absolute atomic E-state index is 12.8. The molecule has 9 nitrogen and oxygen atoms in total. The van der Waals surface area contributed by atoms with Crippen molar-refractivity contribution >= 4 is 15.9 Å². The minimum Gasteiger partial charge on any atom is -0.496 e. The molecule has 1 unspecified atom stereocenters. The molecule has 0 bridgehead atoms. The fourth-order valence-electron chi connectivity index (χ4n) is 3.26. The van der Waals surface area contributed by atoms with Crippen LogP contribution in [0.4, 0.5) is 0 Å². The number of nitrogens with two attached hydrogens (primary N) is 1. The number of morpholine rings is 1. The quantitative estimate of drug-likeness (QED) is 0.682. The van der Waals surface area contributed by atoms with Crippen LogP contribution in [0.3, 0.4) is 0 Å². The van der Waals surface area contributed by atoms with E-state index in [4.69, 9.17) is 19.0 Å². The number of amides is 1. The molecule has 1 aliphatic heterocycles. The van der Waals surface area contributed by atoms with Crippen LogP contribution in [0.1, 0.15) is 27.9 Å². The SMILES string of the molecule is COc1ccc(S(N)(=O)=O)cc1C(=O)NCC(c1ccc(C)o1)N1CCOCC1. The smallest absolute Gasteiger partial charge is 0.255 e. The van der Waals surface area contributed by atoms with Crippen LogP contribution in [-0.4, -0.2) is 59.2 Å². The molecule has 1 aliphatic rings. The van der Waals surface area contributed by atoms with Gasteiger partial charge in [-0.15, -0.1) is 0 Å². The minimum absolute atomic E-state index is 0.0929. The summed E-state index contributed by atoms with van der Waals surface area (Å²) in [4.78, 5) is 14.8. The lowest BCUT2D eigenvalue weighted by molar-refractivity contribution is 0.0117. The first kappa shape index (κ1) is 21.3. The third-order valence-corrected chi connectivity index (χ3v) is 5.69. The van der Waals surface area contributed by atoms with Gasteiger partial charge in [0.05, 0.1) is 36.8 Å². The molecule has 3 rings (SSSR count). The van der Waals surface area contributed by atoms with E-state index < -0.39 is 15.9 Å². The Morgan fingerprint density at radius 2 is 2.00 bits per heavy atom. The van der Waals surface area contributed by atoms with Gasteiger partial charge in [-0.25, -0.2) is 13.6 Å². The summed E-state index contributed by atoms with van der Waals surface area (Å²) in [5, 5.41) is 8.04. The summed E-state index contributed by atoms with van der Waals surface area (Å²) < 4.78 is 39.7. The van der Waals surface area contributed by atoms with Crippen molar-refractivity contribution in [3.8, 4) is 5.75 Å². The van der Waals surface area contributed by atoms with Gasteiger partial charge in [-0.3, -0.25) is 9.69 Å². The highest BCUT2D eigenvalue weighted by molar-refractivity contribution is 7.89. The fourth-order valence-corrected chi connectivity index (χ4v) is 3.80. The van der Waals surface area contributed by atoms with Crippen LogP contribution in [0.2, 0.25) is 0 Å². The standard InChI is InChI=1S/C19H25N3O6S/c1-13-3-5-18(28-13)16(22-7-9-27-10-8-22)12-21-19(23)15-11-14(29(20,24)25)4-6-17(15)26-2/h3-6,11,16H,7-10,12H2,1-2H3,(H,21,23)(H2,20,24,25). The fraction of sp³-hybridized carbons (Fsp3) is 0.421. The van der Waals surface area contributed by atoms with Crippen LogP contribution in [0.5, 0.6) is 5.75 Å². The maximum Gasteiger partial charge on any atom is 0.255 e. The van der Waals surface area contributed by atoms with Crippen molar-refractivity contribution in [3.05, 3.63) is 47.4 Å². The first-order chi connectivity index (χ1) is 13.8. The lowest BCUT2D eigenvalue weighted by atomic mass is 10.1. The third kappa shape index (κ3) is 5.15. The molecule has 1 atom stereocenters. The molecule has 1 fully saturated rings. The van der Waals surface area contributed by atoms with E-state index in [1.807, 2.05) is 19.1 Å². The molecule has 1 aromatic carbocycles. The number of furan rings is 1. The first-order valence-electron chi connectivity index (χ1n) is 9.17. The number of ether oxygens (including phenoxy) is 2. The molecule has 10 heteroatoms. The summed E-state index contributed by atoms with van der Waals surface area (Å²) in [6.07, 6.45) is 0. The van der Waals surface area contributed by atoms with Crippen molar-refractivity contribution in [2.45, 2.75) is 17.9 Å².